The molecular weight excluding hydrogens is 264 g/mol. The lowest BCUT2D eigenvalue weighted by atomic mass is 9.89. The van der Waals surface area contributed by atoms with Gasteiger partial charge in [-0.1, -0.05) is 19.8 Å². The highest BCUT2D eigenvalue weighted by atomic mass is 32.1. The second-order valence-electron chi connectivity index (χ2n) is 6.63. The van der Waals surface area contributed by atoms with Crippen LogP contribution in [0.15, 0.2) is 16.8 Å². The van der Waals surface area contributed by atoms with E-state index >= 15 is 0 Å². The number of nitrogens with one attached hydrogen (secondary N) is 1. The molecule has 1 saturated heterocycles. The molecule has 0 amide bonds. The second-order valence-corrected chi connectivity index (χ2v) is 7.41. The minimum atomic E-state index is 0.718. The minimum Gasteiger partial charge on any atom is -0.310 e. The molecule has 2 aliphatic rings. The van der Waals surface area contributed by atoms with E-state index in [0.29, 0.717) is 0 Å². The number of likely N-dealkylation sites (N-methyl/N-ethyl adjacent to an activating group) is 1. The molecule has 0 radical (unpaired) electrons. The molecular formula is C17H28N2S. The van der Waals surface area contributed by atoms with Gasteiger partial charge in [0, 0.05) is 25.2 Å². The van der Waals surface area contributed by atoms with Gasteiger partial charge in [0.05, 0.1) is 0 Å². The predicted molar refractivity (Wildman–Crippen MR) is 87.4 cm³/mol. The van der Waals surface area contributed by atoms with Crippen molar-refractivity contribution in [2.45, 2.75) is 57.5 Å². The second kappa shape index (κ2) is 7.06. The molecule has 2 nitrogen and oxygen atoms in total. The number of thiophene rings is 1. The van der Waals surface area contributed by atoms with Crippen molar-refractivity contribution in [1.82, 2.24) is 10.2 Å². The van der Waals surface area contributed by atoms with Gasteiger partial charge in [-0.3, -0.25) is 0 Å². The Hall–Kier alpha value is -0.380. The van der Waals surface area contributed by atoms with Crippen LogP contribution in [-0.4, -0.2) is 36.6 Å². The van der Waals surface area contributed by atoms with Gasteiger partial charge in [0.15, 0.2) is 0 Å². The van der Waals surface area contributed by atoms with Crippen LogP contribution in [0, 0.1) is 5.92 Å². The van der Waals surface area contributed by atoms with Gasteiger partial charge in [-0.05, 0) is 60.5 Å². The number of piperidine rings is 1. The highest BCUT2D eigenvalue weighted by molar-refractivity contribution is 7.07. The lowest BCUT2D eigenvalue weighted by molar-refractivity contribution is 0.140. The lowest BCUT2D eigenvalue weighted by Gasteiger charge is -2.39. The third kappa shape index (κ3) is 3.84. The SMILES string of the molecule is CCN1CC(Cc2ccsc2)CC(NC2CCCC2)C1. The Kier molecular flexibility index (Phi) is 5.14. The molecule has 1 aromatic rings. The summed E-state index contributed by atoms with van der Waals surface area (Å²) in [5.41, 5.74) is 1.54. The Balaban J connectivity index is 1.56. The van der Waals surface area contributed by atoms with Crippen LogP contribution in [0.4, 0.5) is 0 Å². The third-order valence-electron chi connectivity index (χ3n) is 4.99. The Morgan fingerprint density at radius 3 is 2.80 bits per heavy atom. The van der Waals surface area contributed by atoms with Crippen molar-refractivity contribution in [3.05, 3.63) is 22.4 Å². The molecule has 20 heavy (non-hydrogen) atoms. The summed E-state index contributed by atoms with van der Waals surface area (Å²) in [6, 6.07) is 3.82. The van der Waals surface area contributed by atoms with Gasteiger partial charge in [0.1, 0.15) is 0 Å². The van der Waals surface area contributed by atoms with Gasteiger partial charge in [-0.25, -0.2) is 0 Å². The van der Waals surface area contributed by atoms with E-state index in [1.54, 1.807) is 0 Å². The van der Waals surface area contributed by atoms with E-state index < -0.39 is 0 Å². The van der Waals surface area contributed by atoms with Crippen molar-refractivity contribution in [1.29, 1.82) is 0 Å². The van der Waals surface area contributed by atoms with Crippen LogP contribution in [0.3, 0.4) is 0 Å². The van der Waals surface area contributed by atoms with Crippen molar-refractivity contribution < 1.29 is 0 Å². The van der Waals surface area contributed by atoms with E-state index in [1.807, 2.05) is 11.3 Å². The first-order valence-corrected chi connectivity index (χ1v) is 9.27. The first-order chi connectivity index (χ1) is 9.83. The van der Waals surface area contributed by atoms with Gasteiger partial charge < -0.3 is 10.2 Å². The summed E-state index contributed by atoms with van der Waals surface area (Å²) in [6.07, 6.45) is 8.29. The highest BCUT2D eigenvalue weighted by Crippen LogP contribution is 2.25. The van der Waals surface area contributed by atoms with Crippen LogP contribution < -0.4 is 5.32 Å². The van der Waals surface area contributed by atoms with Crippen LogP contribution in [0.5, 0.6) is 0 Å². The zero-order valence-electron chi connectivity index (χ0n) is 12.7. The summed E-state index contributed by atoms with van der Waals surface area (Å²) < 4.78 is 0. The summed E-state index contributed by atoms with van der Waals surface area (Å²) in [7, 11) is 0. The van der Waals surface area contributed by atoms with Crippen molar-refractivity contribution in [3.63, 3.8) is 0 Å². The lowest BCUT2D eigenvalue weighted by Crippen LogP contribution is -2.51. The molecule has 2 fully saturated rings. The zero-order chi connectivity index (χ0) is 13.8. The average Bonchev–Trinajstić information content (AvgIpc) is 3.12. The average molecular weight is 292 g/mol. The number of rotatable bonds is 5. The first kappa shape index (κ1) is 14.6. The number of hydrogen-bond donors (Lipinski definition) is 1. The topological polar surface area (TPSA) is 15.3 Å². The maximum Gasteiger partial charge on any atom is 0.0200 e. The molecule has 0 bridgehead atoms. The van der Waals surface area contributed by atoms with Crippen LogP contribution in [0.2, 0.25) is 0 Å². The van der Waals surface area contributed by atoms with E-state index in [9.17, 15) is 0 Å². The first-order valence-electron chi connectivity index (χ1n) is 8.33. The van der Waals surface area contributed by atoms with Crippen molar-refractivity contribution in [3.8, 4) is 0 Å². The molecule has 1 aliphatic heterocycles. The Bertz CT molecular complexity index is 384. The number of hydrogen-bond acceptors (Lipinski definition) is 3. The van der Waals surface area contributed by atoms with E-state index in [4.69, 9.17) is 0 Å². The Morgan fingerprint density at radius 1 is 1.25 bits per heavy atom. The summed E-state index contributed by atoms with van der Waals surface area (Å²) in [5.74, 6) is 0.831. The largest absolute Gasteiger partial charge is 0.310 e. The summed E-state index contributed by atoms with van der Waals surface area (Å²) >= 11 is 1.83. The van der Waals surface area contributed by atoms with Gasteiger partial charge in [-0.15, -0.1) is 0 Å². The Labute approximate surface area is 127 Å². The Morgan fingerprint density at radius 2 is 2.10 bits per heavy atom. The molecule has 1 aromatic heterocycles. The van der Waals surface area contributed by atoms with E-state index in [2.05, 4.69) is 34.0 Å². The molecule has 2 atom stereocenters. The van der Waals surface area contributed by atoms with Gasteiger partial charge in [0.2, 0.25) is 0 Å². The quantitative estimate of drug-likeness (QED) is 0.893. The standard InChI is InChI=1S/C17H28N2S/c1-2-19-11-15(9-14-7-8-20-13-14)10-17(12-19)18-16-5-3-4-6-16/h7-8,13,15-18H,2-6,9-12H2,1H3. The molecule has 0 spiro atoms. The fourth-order valence-electron chi connectivity index (χ4n) is 4.00. The molecule has 2 unspecified atom stereocenters. The number of nitrogens with zero attached hydrogens (tertiary/aromatic N) is 1. The molecule has 1 aliphatic carbocycles. The monoisotopic (exact) mass is 292 g/mol. The smallest absolute Gasteiger partial charge is 0.0200 e. The van der Waals surface area contributed by atoms with E-state index in [1.165, 1.54) is 63.7 Å². The highest BCUT2D eigenvalue weighted by Gasteiger charge is 2.28. The molecule has 3 heteroatoms. The van der Waals surface area contributed by atoms with Crippen LogP contribution in [0.1, 0.15) is 44.6 Å². The zero-order valence-corrected chi connectivity index (χ0v) is 13.5. The maximum atomic E-state index is 3.95. The van der Waals surface area contributed by atoms with Gasteiger partial charge in [-0.2, -0.15) is 11.3 Å². The number of likely N-dealkylation sites (tertiary alicyclic amines) is 1. The molecule has 112 valence electrons. The normalized spacial score (nSPS) is 29.1. The van der Waals surface area contributed by atoms with Crippen molar-refractivity contribution >= 4 is 11.3 Å². The van der Waals surface area contributed by atoms with Crippen LogP contribution in [0.25, 0.3) is 0 Å². The molecule has 3 rings (SSSR count). The maximum absolute atomic E-state index is 3.95. The van der Waals surface area contributed by atoms with E-state index in [0.717, 1.165) is 18.0 Å². The van der Waals surface area contributed by atoms with E-state index in [-0.39, 0.29) is 0 Å². The van der Waals surface area contributed by atoms with Crippen LogP contribution in [-0.2, 0) is 6.42 Å². The molecule has 2 heterocycles. The predicted octanol–water partition coefficient (Wildman–Crippen LogP) is 3.53. The summed E-state index contributed by atoms with van der Waals surface area (Å²) in [5, 5.41) is 8.49. The summed E-state index contributed by atoms with van der Waals surface area (Å²) in [4.78, 5) is 2.65. The summed E-state index contributed by atoms with van der Waals surface area (Å²) in [6.45, 7) is 6.05. The molecule has 1 N–H and O–H groups in total. The minimum absolute atomic E-state index is 0.718. The molecule has 1 saturated carbocycles. The van der Waals surface area contributed by atoms with Crippen molar-refractivity contribution in [2.75, 3.05) is 19.6 Å². The van der Waals surface area contributed by atoms with Gasteiger partial charge >= 0.3 is 0 Å². The van der Waals surface area contributed by atoms with Crippen LogP contribution >= 0.6 is 11.3 Å². The fraction of sp³-hybridized carbons (Fsp3) is 0.765. The van der Waals surface area contributed by atoms with Crippen molar-refractivity contribution in [2.24, 2.45) is 5.92 Å². The van der Waals surface area contributed by atoms with Gasteiger partial charge in [0.25, 0.3) is 0 Å². The third-order valence-corrected chi connectivity index (χ3v) is 5.72. The fourth-order valence-corrected chi connectivity index (χ4v) is 4.68. The molecule has 0 aromatic carbocycles.